The third-order valence-electron chi connectivity index (χ3n) is 2.94. The minimum absolute atomic E-state index is 0.134. The molecule has 0 aliphatic heterocycles. The number of carbonyl (C=O) groups is 1. The third kappa shape index (κ3) is 12.1. The SMILES string of the molecule is CCCCCCCC(=O)ON(CCCN)CCCN. The lowest BCUT2D eigenvalue weighted by Crippen LogP contribution is -2.31. The van der Waals surface area contributed by atoms with E-state index >= 15 is 0 Å². The fraction of sp³-hybridized carbons (Fsp3) is 0.929. The molecule has 19 heavy (non-hydrogen) atoms. The van der Waals surface area contributed by atoms with Crippen LogP contribution in [0.2, 0.25) is 0 Å². The monoisotopic (exact) mass is 273 g/mol. The molecule has 0 rings (SSSR count). The van der Waals surface area contributed by atoms with Gasteiger partial charge >= 0.3 is 5.97 Å². The summed E-state index contributed by atoms with van der Waals surface area (Å²) in [6.07, 6.45) is 7.85. The van der Waals surface area contributed by atoms with Crippen molar-refractivity contribution in [3.8, 4) is 0 Å². The van der Waals surface area contributed by atoms with Gasteiger partial charge in [0.05, 0.1) is 0 Å². The first-order chi connectivity index (χ1) is 9.24. The standard InChI is InChI=1S/C14H31N3O2/c1-2-3-4-5-6-9-14(18)19-17(12-7-10-15)13-8-11-16/h2-13,15-16H2,1H3. The molecule has 0 aromatic carbocycles. The van der Waals surface area contributed by atoms with Gasteiger partial charge in [0.2, 0.25) is 0 Å². The van der Waals surface area contributed by atoms with Crippen molar-refractivity contribution in [3.05, 3.63) is 0 Å². The Kier molecular flexibility index (Phi) is 13.3. The van der Waals surface area contributed by atoms with Gasteiger partial charge in [-0.15, -0.1) is 5.06 Å². The number of carbonyl (C=O) groups excluding carboxylic acids is 1. The average Bonchev–Trinajstić information content (AvgIpc) is 2.41. The summed E-state index contributed by atoms with van der Waals surface area (Å²) in [5.74, 6) is -0.134. The lowest BCUT2D eigenvalue weighted by atomic mass is 10.1. The summed E-state index contributed by atoms with van der Waals surface area (Å²) in [5, 5.41) is 1.70. The summed E-state index contributed by atoms with van der Waals surface area (Å²) in [4.78, 5) is 17.0. The second-order valence-electron chi connectivity index (χ2n) is 4.84. The van der Waals surface area contributed by atoms with Crippen LogP contribution in [0.25, 0.3) is 0 Å². The number of nitrogens with zero attached hydrogens (tertiary/aromatic N) is 1. The van der Waals surface area contributed by atoms with E-state index in [1.807, 2.05) is 0 Å². The fourth-order valence-corrected chi connectivity index (χ4v) is 1.80. The van der Waals surface area contributed by atoms with E-state index in [9.17, 15) is 4.79 Å². The Balaban J connectivity index is 3.74. The van der Waals surface area contributed by atoms with Gasteiger partial charge in [-0.05, 0) is 32.4 Å². The predicted octanol–water partition coefficient (Wildman–Crippen LogP) is 1.80. The predicted molar refractivity (Wildman–Crippen MR) is 78.4 cm³/mol. The van der Waals surface area contributed by atoms with E-state index in [0.29, 0.717) is 32.6 Å². The first-order valence-corrected chi connectivity index (χ1v) is 7.60. The van der Waals surface area contributed by atoms with E-state index in [2.05, 4.69) is 6.92 Å². The van der Waals surface area contributed by atoms with Gasteiger partial charge in [-0.3, -0.25) is 4.79 Å². The molecule has 0 saturated carbocycles. The van der Waals surface area contributed by atoms with E-state index in [1.165, 1.54) is 19.3 Å². The largest absolute Gasteiger partial charge is 0.368 e. The Morgan fingerprint density at radius 1 is 0.947 bits per heavy atom. The zero-order valence-electron chi connectivity index (χ0n) is 12.4. The molecule has 0 saturated heterocycles. The molecule has 0 radical (unpaired) electrons. The summed E-state index contributed by atoms with van der Waals surface area (Å²) in [6.45, 7) is 4.78. The molecule has 0 fully saturated rings. The minimum atomic E-state index is -0.134. The Morgan fingerprint density at radius 3 is 2.05 bits per heavy atom. The van der Waals surface area contributed by atoms with Crippen molar-refractivity contribution in [1.82, 2.24) is 5.06 Å². The highest BCUT2D eigenvalue weighted by atomic mass is 16.7. The van der Waals surface area contributed by atoms with Gasteiger partial charge in [0.25, 0.3) is 0 Å². The second-order valence-corrected chi connectivity index (χ2v) is 4.84. The topological polar surface area (TPSA) is 81.6 Å². The normalized spacial score (nSPS) is 10.9. The van der Waals surface area contributed by atoms with Crippen LogP contribution in [0, 0.1) is 0 Å². The number of nitrogens with two attached hydrogens (primary N) is 2. The zero-order chi connectivity index (χ0) is 14.3. The first-order valence-electron chi connectivity index (χ1n) is 7.60. The second kappa shape index (κ2) is 13.8. The summed E-state index contributed by atoms with van der Waals surface area (Å²) < 4.78 is 0. The van der Waals surface area contributed by atoms with Crippen molar-refractivity contribution in [3.63, 3.8) is 0 Å². The molecule has 5 heteroatoms. The van der Waals surface area contributed by atoms with Crippen molar-refractivity contribution in [2.45, 2.75) is 58.3 Å². The van der Waals surface area contributed by atoms with Gasteiger partial charge in [-0.25, -0.2) is 0 Å². The smallest absolute Gasteiger partial charge is 0.325 e. The van der Waals surface area contributed by atoms with Gasteiger partial charge < -0.3 is 16.3 Å². The van der Waals surface area contributed by atoms with Crippen LogP contribution in [0.5, 0.6) is 0 Å². The van der Waals surface area contributed by atoms with Crippen LogP contribution in [0.1, 0.15) is 58.3 Å². The Labute approximate surface area is 117 Å². The van der Waals surface area contributed by atoms with Crippen molar-refractivity contribution in [1.29, 1.82) is 0 Å². The van der Waals surface area contributed by atoms with E-state index in [0.717, 1.165) is 25.7 Å². The van der Waals surface area contributed by atoms with Gasteiger partial charge in [-0.1, -0.05) is 32.6 Å². The van der Waals surface area contributed by atoms with E-state index < -0.39 is 0 Å². The van der Waals surface area contributed by atoms with Crippen LogP contribution < -0.4 is 11.5 Å². The van der Waals surface area contributed by atoms with Gasteiger partial charge in [0.15, 0.2) is 0 Å². The average molecular weight is 273 g/mol. The van der Waals surface area contributed by atoms with Crippen LogP contribution in [-0.4, -0.2) is 37.2 Å². The number of rotatable bonds is 13. The van der Waals surface area contributed by atoms with Crippen molar-refractivity contribution >= 4 is 5.97 Å². The molecule has 0 amide bonds. The molecule has 0 heterocycles. The number of hydrogen-bond acceptors (Lipinski definition) is 5. The molecule has 0 aromatic heterocycles. The third-order valence-corrected chi connectivity index (χ3v) is 2.94. The highest BCUT2D eigenvalue weighted by Crippen LogP contribution is 2.07. The molecule has 5 nitrogen and oxygen atoms in total. The molecular weight excluding hydrogens is 242 g/mol. The van der Waals surface area contributed by atoms with Crippen LogP contribution in [0.3, 0.4) is 0 Å². The molecular formula is C14H31N3O2. The summed E-state index contributed by atoms with van der Waals surface area (Å²) in [7, 11) is 0. The number of hydroxylamine groups is 2. The molecule has 0 atom stereocenters. The number of hydrogen-bond donors (Lipinski definition) is 2. The van der Waals surface area contributed by atoms with Gasteiger partial charge in [0, 0.05) is 19.5 Å². The van der Waals surface area contributed by atoms with Gasteiger partial charge in [0.1, 0.15) is 0 Å². The summed E-state index contributed by atoms with van der Waals surface area (Å²) >= 11 is 0. The molecule has 0 aromatic rings. The summed E-state index contributed by atoms with van der Waals surface area (Å²) in [5.41, 5.74) is 10.9. The van der Waals surface area contributed by atoms with E-state index in [1.54, 1.807) is 5.06 Å². The van der Waals surface area contributed by atoms with Crippen LogP contribution in [-0.2, 0) is 9.63 Å². The molecule has 0 spiro atoms. The lowest BCUT2D eigenvalue weighted by molar-refractivity contribution is -0.191. The quantitative estimate of drug-likeness (QED) is 0.395. The Hall–Kier alpha value is -0.650. The highest BCUT2D eigenvalue weighted by molar-refractivity contribution is 5.68. The van der Waals surface area contributed by atoms with Crippen LogP contribution in [0.4, 0.5) is 0 Å². The fourth-order valence-electron chi connectivity index (χ4n) is 1.80. The van der Waals surface area contributed by atoms with Crippen molar-refractivity contribution in [2.24, 2.45) is 11.5 Å². The van der Waals surface area contributed by atoms with Crippen molar-refractivity contribution in [2.75, 3.05) is 26.2 Å². The molecule has 0 aliphatic rings. The Morgan fingerprint density at radius 2 is 1.53 bits per heavy atom. The van der Waals surface area contributed by atoms with Crippen LogP contribution >= 0.6 is 0 Å². The Bertz CT molecular complexity index is 205. The molecule has 114 valence electrons. The first kappa shape index (κ1) is 18.4. The number of unbranched alkanes of at least 4 members (excludes halogenated alkanes) is 4. The maximum Gasteiger partial charge on any atom is 0.325 e. The molecule has 0 aliphatic carbocycles. The molecule has 0 unspecified atom stereocenters. The van der Waals surface area contributed by atoms with Gasteiger partial charge in [-0.2, -0.15) is 0 Å². The zero-order valence-corrected chi connectivity index (χ0v) is 12.4. The minimum Gasteiger partial charge on any atom is -0.368 e. The molecule has 0 bridgehead atoms. The van der Waals surface area contributed by atoms with Crippen molar-refractivity contribution < 1.29 is 9.63 Å². The maximum absolute atomic E-state index is 11.7. The lowest BCUT2D eigenvalue weighted by Gasteiger charge is -2.20. The van der Waals surface area contributed by atoms with Crippen LogP contribution in [0.15, 0.2) is 0 Å². The van der Waals surface area contributed by atoms with E-state index in [-0.39, 0.29) is 5.97 Å². The highest BCUT2D eigenvalue weighted by Gasteiger charge is 2.10. The van der Waals surface area contributed by atoms with E-state index in [4.69, 9.17) is 16.3 Å². The molecule has 4 N–H and O–H groups in total. The summed E-state index contributed by atoms with van der Waals surface area (Å²) in [6, 6.07) is 0. The maximum atomic E-state index is 11.7.